The van der Waals surface area contributed by atoms with E-state index in [0.29, 0.717) is 17.5 Å². The first-order valence-electron chi connectivity index (χ1n) is 8.88. The Hall–Kier alpha value is -2.38. The van der Waals surface area contributed by atoms with Gasteiger partial charge in [-0.1, -0.05) is 30.8 Å². The van der Waals surface area contributed by atoms with Gasteiger partial charge in [-0.15, -0.1) is 0 Å². The van der Waals surface area contributed by atoms with E-state index in [0.717, 1.165) is 45.1 Å². The zero-order valence-corrected chi connectivity index (χ0v) is 14.8. The van der Waals surface area contributed by atoms with E-state index in [9.17, 15) is 4.79 Å². The molecular formula is C17H25N5O3. The molecule has 0 bridgehead atoms. The van der Waals surface area contributed by atoms with Crippen molar-refractivity contribution in [2.45, 2.75) is 64.5 Å². The normalized spacial score (nSPS) is 17.0. The lowest BCUT2D eigenvalue weighted by atomic mass is 9.89. The second-order valence-corrected chi connectivity index (χ2v) is 6.50. The zero-order valence-electron chi connectivity index (χ0n) is 14.8. The number of aromatic nitrogens is 4. The number of nitrogens with one attached hydrogen (secondary N) is 1. The van der Waals surface area contributed by atoms with Crippen LogP contribution in [0, 0.1) is 6.92 Å². The molecule has 0 saturated heterocycles. The maximum atomic E-state index is 12.5. The van der Waals surface area contributed by atoms with E-state index in [2.05, 4.69) is 20.6 Å². The molecule has 0 aromatic carbocycles. The lowest BCUT2D eigenvalue weighted by Gasteiger charge is -2.30. The molecule has 136 valence electrons. The lowest BCUT2D eigenvalue weighted by Crippen LogP contribution is -2.48. The van der Waals surface area contributed by atoms with Crippen LogP contribution >= 0.6 is 0 Å². The van der Waals surface area contributed by atoms with Crippen molar-refractivity contribution >= 4 is 5.91 Å². The molecular weight excluding hydrogens is 322 g/mol. The second kappa shape index (κ2) is 7.67. The van der Waals surface area contributed by atoms with Gasteiger partial charge in [-0.25, -0.2) is 0 Å². The van der Waals surface area contributed by atoms with Crippen LogP contribution in [-0.4, -0.2) is 32.4 Å². The van der Waals surface area contributed by atoms with Gasteiger partial charge in [0.15, 0.2) is 18.2 Å². The third-order valence-electron chi connectivity index (χ3n) is 4.59. The lowest BCUT2D eigenvalue weighted by molar-refractivity contribution is -0.125. The van der Waals surface area contributed by atoms with Crippen molar-refractivity contribution in [2.75, 3.05) is 6.61 Å². The van der Waals surface area contributed by atoms with Gasteiger partial charge in [0.1, 0.15) is 5.54 Å². The molecule has 0 radical (unpaired) electrons. The molecule has 1 N–H and O–H groups in total. The highest BCUT2D eigenvalue weighted by Crippen LogP contribution is 2.34. The summed E-state index contributed by atoms with van der Waals surface area (Å²) in [5.41, 5.74) is -0.567. The smallest absolute Gasteiger partial charge is 0.258 e. The number of amides is 1. The molecule has 2 aromatic heterocycles. The predicted octanol–water partition coefficient (Wildman–Crippen LogP) is 2.34. The largest absolute Gasteiger partial charge is 0.480 e. The van der Waals surface area contributed by atoms with E-state index >= 15 is 0 Å². The molecule has 0 atom stereocenters. The highest BCUT2D eigenvalue weighted by molar-refractivity contribution is 5.78. The standard InChI is InChI=1S/C17H25N5O3/c1-3-22-11-14(10-18-22)24-12-15(23)20-17(8-6-4-5-7-9-17)16-19-13(2)25-21-16/h10-11H,3-9,12H2,1-2H3,(H,20,23). The average molecular weight is 347 g/mol. The molecule has 0 aliphatic heterocycles. The third-order valence-corrected chi connectivity index (χ3v) is 4.59. The fourth-order valence-electron chi connectivity index (χ4n) is 3.27. The van der Waals surface area contributed by atoms with Crippen LogP contribution < -0.4 is 10.1 Å². The predicted molar refractivity (Wildman–Crippen MR) is 90.0 cm³/mol. The van der Waals surface area contributed by atoms with Crippen molar-refractivity contribution < 1.29 is 14.1 Å². The Kier molecular flexibility index (Phi) is 5.35. The Morgan fingerprint density at radius 1 is 1.36 bits per heavy atom. The minimum atomic E-state index is -0.567. The van der Waals surface area contributed by atoms with Gasteiger partial charge in [-0.2, -0.15) is 10.1 Å². The maximum Gasteiger partial charge on any atom is 0.258 e. The molecule has 1 saturated carbocycles. The number of ether oxygens (including phenoxy) is 1. The summed E-state index contributed by atoms with van der Waals surface area (Å²) in [6.45, 7) is 4.45. The topological polar surface area (TPSA) is 95.1 Å². The van der Waals surface area contributed by atoms with E-state index in [1.807, 2.05) is 6.92 Å². The molecule has 8 nitrogen and oxygen atoms in total. The summed E-state index contributed by atoms with van der Waals surface area (Å²) < 4.78 is 12.5. The highest BCUT2D eigenvalue weighted by atomic mass is 16.5. The van der Waals surface area contributed by atoms with Crippen molar-refractivity contribution in [1.82, 2.24) is 25.2 Å². The Morgan fingerprint density at radius 2 is 2.12 bits per heavy atom. The summed E-state index contributed by atoms with van der Waals surface area (Å²) in [6.07, 6.45) is 9.37. The number of carbonyl (C=O) groups excluding carboxylic acids is 1. The SMILES string of the molecule is CCn1cc(OCC(=O)NC2(c3noc(C)n3)CCCCCC2)cn1. The van der Waals surface area contributed by atoms with Crippen LogP contribution in [0.5, 0.6) is 5.75 Å². The quantitative estimate of drug-likeness (QED) is 0.806. The summed E-state index contributed by atoms with van der Waals surface area (Å²) >= 11 is 0. The van der Waals surface area contributed by atoms with E-state index in [1.165, 1.54) is 0 Å². The van der Waals surface area contributed by atoms with Crippen LogP contribution in [-0.2, 0) is 16.9 Å². The van der Waals surface area contributed by atoms with E-state index in [4.69, 9.17) is 9.26 Å². The van der Waals surface area contributed by atoms with Gasteiger partial charge < -0.3 is 14.6 Å². The van der Waals surface area contributed by atoms with Gasteiger partial charge in [0, 0.05) is 13.5 Å². The first-order chi connectivity index (χ1) is 12.1. The summed E-state index contributed by atoms with van der Waals surface area (Å²) in [5, 5.41) is 11.3. The van der Waals surface area contributed by atoms with Crippen LogP contribution in [0.2, 0.25) is 0 Å². The van der Waals surface area contributed by atoms with Crippen LogP contribution in [0.15, 0.2) is 16.9 Å². The first kappa shape index (κ1) is 17.4. The summed E-state index contributed by atoms with van der Waals surface area (Å²) in [4.78, 5) is 16.9. The van der Waals surface area contributed by atoms with Gasteiger partial charge >= 0.3 is 0 Å². The molecule has 8 heteroatoms. The summed E-state index contributed by atoms with van der Waals surface area (Å²) in [5.74, 6) is 1.48. The fourth-order valence-corrected chi connectivity index (χ4v) is 3.27. The highest BCUT2D eigenvalue weighted by Gasteiger charge is 2.38. The molecule has 2 heterocycles. The molecule has 2 aromatic rings. The molecule has 1 amide bonds. The summed E-state index contributed by atoms with van der Waals surface area (Å²) in [6, 6.07) is 0. The van der Waals surface area contributed by atoms with Gasteiger partial charge in [-0.3, -0.25) is 9.48 Å². The van der Waals surface area contributed by atoms with Gasteiger partial charge in [0.25, 0.3) is 5.91 Å². The van der Waals surface area contributed by atoms with Crippen molar-refractivity contribution in [3.05, 3.63) is 24.1 Å². The Morgan fingerprint density at radius 3 is 2.72 bits per heavy atom. The molecule has 1 aliphatic rings. The maximum absolute atomic E-state index is 12.5. The second-order valence-electron chi connectivity index (χ2n) is 6.50. The van der Waals surface area contributed by atoms with E-state index in [1.54, 1.807) is 24.0 Å². The molecule has 0 unspecified atom stereocenters. The molecule has 25 heavy (non-hydrogen) atoms. The van der Waals surface area contributed by atoms with Crippen LogP contribution in [0.1, 0.15) is 57.2 Å². The van der Waals surface area contributed by atoms with Crippen molar-refractivity contribution in [2.24, 2.45) is 0 Å². The number of hydrogen-bond acceptors (Lipinski definition) is 6. The zero-order chi connectivity index (χ0) is 17.7. The number of carbonyl (C=O) groups is 1. The molecule has 3 rings (SSSR count). The minimum absolute atomic E-state index is 0.0615. The molecule has 1 aliphatic carbocycles. The number of hydrogen-bond donors (Lipinski definition) is 1. The number of aryl methyl sites for hydroxylation is 2. The third kappa shape index (κ3) is 4.18. The first-order valence-corrected chi connectivity index (χ1v) is 8.88. The van der Waals surface area contributed by atoms with Gasteiger partial charge in [-0.05, 0) is 19.8 Å². The van der Waals surface area contributed by atoms with Gasteiger partial charge in [0.2, 0.25) is 5.89 Å². The number of nitrogens with zero attached hydrogens (tertiary/aromatic N) is 4. The van der Waals surface area contributed by atoms with Crippen LogP contribution in [0.4, 0.5) is 0 Å². The van der Waals surface area contributed by atoms with Crippen LogP contribution in [0.25, 0.3) is 0 Å². The summed E-state index contributed by atoms with van der Waals surface area (Å²) in [7, 11) is 0. The Labute approximate surface area is 146 Å². The van der Waals surface area contributed by atoms with Gasteiger partial charge in [0.05, 0.1) is 12.4 Å². The van der Waals surface area contributed by atoms with Crippen molar-refractivity contribution in [1.29, 1.82) is 0 Å². The monoisotopic (exact) mass is 347 g/mol. The van der Waals surface area contributed by atoms with E-state index < -0.39 is 5.54 Å². The number of rotatable bonds is 6. The Bertz CT molecular complexity index is 701. The average Bonchev–Trinajstić information content (AvgIpc) is 3.18. The van der Waals surface area contributed by atoms with Crippen molar-refractivity contribution in [3.8, 4) is 5.75 Å². The molecule has 1 fully saturated rings. The van der Waals surface area contributed by atoms with Crippen LogP contribution in [0.3, 0.4) is 0 Å². The molecule has 0 spiro atoms. The minimum Gasteiger partial charge on any atom is -0.480 e. The fraction of sp³-hybridized carbons (Fsp3) is 0.647. The Balaban J connectivity index is 1.67. The van der Waals surface area contributed by atoms with E-state index in [-0.39, 0.29) is 12.5 Å². The van der Waals surface area contributed by atoms with Crippen molar-refractivity contribution in [3.63, 3.8) is 0 Å².